The van der Waals surface area contributed by atoms with Gasteiger partial charge < -0.3 is 4.74 Å². The molecule has 0 spiro atoms. The first-order chi connectivity index (χ1) is 9.99. The largest absolute Gasteiger partial charge is 0.454 e. The second-order valence-corrected chi connectivity index (χ2v) is 5.20. The molecule has 21 heavy (non-hydrogen) atoms. The van der Waals surface area contributed by atoms with Gasteiger partial charge in [0, 0.05) is 5.56 Å². The van der Waals surface area contributed by atoms with Gasteiger partial charge >= 0.3 is 5.97 Å². The molecule has 108 valence electrons. The quantitative estimate of drug-likeness (QED) is 0.633. The molecule has 0 aliphatic carbocycles. The molecular formula is C17H15ClO3. The molecular weight excluding hydrogens is 288 g/mol. The van der Waals surface area contributed by atoms with Crippen LogP contribution in [-0.4, -0.2) is 18.4 Å². The SMILES string of the molecule is Cc1ccc(C)c(C(=O)COC(=O)c2ccccc2Cl)c1. The van der Waals surface area contributed by atoms with Crippen molar-refractivity contribution >= 4 is 23.4 Å². The molecule has 3 nitrogen and oxygen atoms in total. The van der Waals surface area contributed by atoms with Gasteiger partial charge in [-0.1, -0.05) is 41.4 Å². The van der Waals surface area contributed by atoms with Crippen LogP contribution in [0.25, 0.3) is 0 Å². The van der Waals surface area contributed by atoms with E-state index in [4.69, 9.17) is 16.3 Å². The highest BCUT2D eigenvalue weighted by Crippen LogP contribution is 2.16. The molecule has 0 aliphatic rings. The molecule has 0 heterocycles. The smallest absolute Gasteiger partial charge is 0.340 e. The van der Waals surface area contributed by atoms with Crippen molar-refractivity contribution in [3.8, 4) is 0 Å². The molecule has 0 bridgehead atoms. The van der Waals surface area contributed by atoms with Gasteiger partial charge in [-0.3, -0.25) is 4.79 Å². The summed E-state index contributed by atoms with van der Waals surface area (Å²) in [6.45, 7) is 3.46. The number of benzene rings is 2. The first kappa shape index (κ1) is 15.3. The predicted molar refractivity (Wildman–Crippen MR) is 82.0 cm³/mol. The van der Waals surface area contributed by atoms with E-state index < -0.39 is 5.97 Å². The molecule has 0 saturated heterocycles. The van der Waals surface area contributed by atoms with Gasteiger partial charge in [0.1, 0.15) is 0 Å². The highest BCUT2D eigenvalue weighted by Gasteiger charge is 2.15. The van der Waals surface area contributed by atoms with E-state index in [1.54, 1.807) is 30.3 Å². The normalized spacial score (nSPS) is 10.2. The second-order valence-electron chi connectivity index (χ2n) is 4.80. The lowest BCUT2D eigenvalue weighted by molar-refractivity contribution is 0.0474. The summed E-state index contributed by atoms with van der Waals surface area (Å²) in [6, 6.07) is 12.2. The molecule has 2 aromatic carbocycles. The lowest BCUT2D eigenvalue weighted by Gasteiger charge is -2.08. The molecule has 0 unspecified atom stereocenters. The topological polar surface area (TPSA) is 43.4 Å². The van der Waals surface area contributed by atoms with Gasteiger partial charge in [-0.25, -0.2) is 4.79 Å². The minimum absolute atomic E-state index is 0.225. The zero-order valence-electron chi connectivity index (χ0n) is 11.9. The van der Waals surface area contributed by atoms with Gasteiger partial charge in [0.2, 0.25) is 5.78 Å². The molecule has 0 fully saturated rings. The fourth-order valence-electron chi connectivity index (χ4n) is 1.95. The van der Waals surface area contributed by atoms with Gasteiger partial charge in [-0.2, -0.15) is 0 Å². The Morgan fingerprint density at radius 3 is 2.48 bits per heavy atom. The van der Waals surface area contributed by atoms with Crippen LogP contribution in [-0.2, 0) is 4.74 Å². The number of Topliss-reactive ketones (excluding diaryl/α,β-unsaturated/α-hetero) is 1. The highest BCUT2D eigenvalue weighted by atomic mass is 35.5. The van der Waals surface area contributed by atoms with Crippen LogP contribution in [0.15, 0.2) is 42.5 Å². The Morgan fingerprint density at radius 2 is 1.76 bits per heavy atom. The third-order valence-electron chi connectivity index (χ3n) is 3.12. The molecule has 4 heteroatoms. The minimum atomic E-state index is -0.598. The zero-order chi connectivity index (χ0) is 15.4. The molecule has 0 N–H and O–H groups in total. The van der Waals surface area contributed by atoms with Crippen LogP contribution in [0.5, 0.6) is 0 Å². The number of ether oxygens (including phenoxy) is 1. The second kappa shape index (κ2) is 6.55. The summed E-state index contributed by atoms with van der Waals surface area (Å²) in [6.07, 6.45) is 0. The number of esters is 1. The number of halogens is 1. The van der Waals surface area contributed by atoms with Crippen LogP contribution in [0.2, 0.25) is 5.02 Å². The van der Waals surface area contributed by atoms with Crippen LogP contribution in [0.3, 0.4) is 0 Å². The van der Waals surface area contributed by atoms with Crippen LogP contribution in [0, 0.1) is 13.8 Å². The highest BCUT2D eigenvalue weighted by molar-refractivity contribution is 6.33. The van der Waals surface area contributed by atoms with Crippen molar-refractivity contribution in [2.75, 3.05) is 6.61 Å². The summed E-state index contributed by atoms with van der Waals surface area (Å²) < 4.78 is 5.05. The number of carbonyl (C=O) groups excluding carboxylic acids is 2. The van der Waals surface area contributed by atoms with E-state index in [9.17, 15) is 9.59 Å². The Hall–Kier alpha value is -2.13. The average molecular weight is 303 g/mol. The third kappa shape index (κ3) is 3.70. The number of hydrogen-bond donors (Lipinski definition) is 0. The van der Waals surface area contributed by atoms with Crippen molar-refractivity contribution < 1.29 is 14.3 Å². The number of carbonyl (C=O) groups is 2. The van der Waals surface area contributed by atoms with E-state index in [0.717, 1.165) is 11.1 Å². The van der Waals surface area contributed by atoms with Crippen molar-refractivity contribution in [2.24, 2.45) is 0 Å². The van der Waals surface area contributed by atoms with Gasteiger partial charge in [-0.15, -0.1) is 0 Å². The number of ketones is 1. The number of hydrogen-bond acceptors (Lipinski definition) is 3. The molecule has 0 radical (unpaired) electrons. The minimum Gasteiger partial charge on any atom is -0.454 e. The standard InChI is InChI=1S/C17H15ClO3/c1-11-7-8-12(2)14(9-11)16(19)10-21-17(20)13-5-3-4-6-15(13)18/h3-9H,10H2,1-2H3. The molecule has 2 rings (SSSR count). The molecule has 0 saturated carbocycles. The monoisotopic (exact) mass is 302 g/mol. The maximum atomic E-state index is 12.1. The summed E-state index contributed by atoms with van der Waals surface area (Å²) in [5.74, 6) is -0.823. The number of rotatable bonds is 4. The van der Waals surface area contributed by atoms with E-state index in [1.807, 2.05) is 26.0 Å². The Balaban J connectivity index is 2.06. The van der Waals surface area contributed by atoms with E-state index in [1.165, 1.54) is 0 Å². The summed E-state index contributed by atoms with van der Waals surface area (Å²) in [5.41, 5.74) is 2.68. The lowest BCUT2D eigenvalue weighted by atomic mass is 10.0. The Labute approximate surface area is 128 Å². The van der Waals surface area contributed by atoms with Crippen LogP contribution >= 0.6 is 11.6 Å². The van der Waals surface area contributed by atoms with Crippen molar-refractivity contribution in [3.63, 3.8) is 0 Å². The van der Waals surface area contributed by atoms with E-state index >= 15 is 0 Å². The van der Waals surface area contributed by atoms with Crippen LogP contribution in [0.1, 0.15) is 31.8 Å². The van der Waals surface area contributed by atoms with Gasteiger partial charge in [0.05, 0.1) is 10.6 Å². The fraction of sp³-hybridized carbons (Fsp3) is 0.176. The van der Waals surface area contributed by atoms with Crippen molar-refractivity contribution in [1.82, 2.24) is 0 Å². The predicted octanol–water partition coefficient (Wildman–Crippen LogP) is 4.00. The molecule has 2 aromatic rings. The van der Waals surface area contributed by atoms with E-state index in [0.29, 0.717) is 10.6 Å². The molecule has 0 aliphatic heterocycles. The van der Waals surface area contributed by atoms with Crippen molar-refractivity contribution in [3.05, 3.63) is 69.7 Å². The molecule has 0 atom stereocenters. The maximum absolute atomic E-state index is 12.1. The molecule has 0 aromatic heterocycles. The summed E-state index contributed by atoms with van der Waals surface area (Å²) in [7, 11) is 0. The zero-order valence-corrected chi connectivity index (χ0v) is 12.6. The van der Waals surface area contributed by atoms with Gasteiger partial charge in [-0.05, 0) is 37.6 Å². The first-order valence-corrected chi connectivity index (χ1v) is 6.89. The average Bonchev–Trinajstić information content (AvgIpc) is 2.47. The Morgan fingerprint density at radius 1 is 1.05 bits per heavy atom. The van der Waals surface area contributed by atoms with Crippen LogP contribution in [0.4, 0.5) is 0 Å². The van der Waals surface area contributed by atoms with Crippen molar-refractivity contribution in [2.45, 2.75) is 13.8 Å². The van der Waals surface area contributed by atoms with Crippen LogP contribution < -0.4 is 0 Å². The Bertz CT molecular complexity index is 692. The maximum Gasteiger partial charge on any atom is 0.340 e. The first-order valence-electron chi connectivity index (χ1n) is 6.51. The van der Waals surface area contributed by atoms with Gasteiger partial charge in [0.15, 0.2) is 6.61 Å². The fourth-order valence-corrected chi connectivity index (χ4v) is 2.16. The molecule has 0 amide bonds. The van der Waals surface area contributed by atoms with E-state index in [-0.39, 0.29) is 18.0 Å². The number of aryl methyl sites for hydroxylation is 2. The van der Waals surface area contributed by atoms with E-state index in [2.05, 4.69) is 0 Å². The Kier molecular flexibility index (Phi) is 4.76. The van der Waals surface area contributed by atoms with Gasteiger partial charge in [0.25, 0.3) is 0 Å². The summed E-state index contributed by atoms with van der Waals surface area (Å²) in [4.78, 5) is 24.0. The lowest BCUT2D eigenvalue weighted by Crippen LogP contribution is -2.15. The summed E-state index contributed by atoms with van der Waals surface area (Å²) >= 11 is 5.91. The summed E-state index contributed by atoms with van der Waals surface area (Å²) in [5, 5.41) is 0.307. The third-order valence-corrected chi connectivity index (χ3v) is 3.45. The van der Waals surface area contributed by atoms with Crippen molar-refractivity contribution in [1.29, 1.82) is 0 Å².